The van der Waals surface area contributed by atoms with Crippen molar-refractivity contribution in [2.24, 2.45) is 5.73 Å². The summed E-state index contributed by atoms with van der Waals surface area (Å²) in [7, 11) is 0. The highest BCUT2D eigenvalue weighted by Crippen LogP contribution is 2.10. The highest BCUT2D eigenvalue weighted by molar-refractivity contribution is 5.81. The standard InChI is InChI=1S/C10H19N3O2/c1-7(11)10(15)13-5-3-4-9(6-13)12-8(2)14/h7,9H,3-6,11H2,1-2H3,(H,12,14)/t7-,9+/m0/s1. The first-order valence-corrected chi connectivity index (χ1v) is 5.32. The zero-order valence-corrected chi connectivity index (χ0v) is 9.32. The van der Waals surface area contributed by atoms with E-state index in [0.717, 1.165) is 19.4 Å². The molecule has 3 N–H and O–H groups in total. The predicted octanol–water partition coefficient (Wildman–Crippen LogP) is -0.539. The summed E-state index contributed by atoms with van der Waals surface area (Å²) >= 11 is 0. The fourth-order valence-corrected chi connectivity index (χ4v) is 1.87. The molecule has 2 amide bonds. The van der Waals surface area contributed by atoms with Crippen molar-refractivity contribution in [3.05, 3.63) is 0 Å². The molecule has 0 aliphatic carbocycles. The first kappa shape index (κ1) is 12.0. The number of likely N-dealkylation sites (tertiary alicyclic amines) is 1. The van der Waals surface area contributed by atoms with Gasteiger partial charge in [0.15, 0.2) is 0 Å². The number of nitrogens with two attached hydrogens (primary N) is 1. The molecule has 0 aromatic carbocycles. The largest absolute Gasteiger partial charge is 0.352 e. The van der Waals surface area contributed by atoms with Crippen LogP contribution in [0.2, 0.25) is 0 Å². The lowest BCUT2D eigenvalue weighted by Gasteiger charge is -2.33. The quantitative estimate of drug-likeness (QED) is 0.647. The topological polar surface area (TPSA) is 75.4 Å². The minimum atomic E-state index is -0.457. The fraction of sp³-hybridized carbons (Fsp3) is 0.800. The second kappa shape index (κ2) is 5.11. The Hall–Kier alpha value is -1.10. The van der Waals surface area contributed by atoms with Gasteiger partial charge < -0.3 is 16.0 Å². The highest BCUT2D eigenvalue weighted by atomic mass is 16.2. The Morgan fingerprint density at radius 2 is 2.20 bits per heavy atom. The zero-order valence-electron chi connectivity index (χ0n) is 9.32. The number of carbonyl (C=O) groups is 2. The van der Waals surface area contributed by atoms with E-state index in [1.807, 2.05) is 0 Å². The van der Waals surface area contributed by atoms with Crippen LogP contribution in [0.15, 0.2) is 0 Å². The molecule has 0 bridgehead atoms. The number of nitrogens with one attached hydrogen (secondary N) is 1. The van der Waals surface area contributed by atoms with Gasteiger partial charge in [0.05, 0.1) is 6.04 Å². The molecule has 0 aromatic heterocycles. The predicted molar refractivity (Wildman–Crippen MR) is 57.1 cm³/mol. The van der Waals surface area contributed by atoms with Gasteiger partial charge in [0, 0.05) is 26.1 Å². The van der Waals surface area contributed by atoms with Gasteiger partial charge in [0.2, 0.25) is 11.8 Å². The Labute approximate surface area is 90.0 Å². The Balaban J connectivity index is 2.48. The molecule has 0 aromatic rings. The minimum absolute atomic E-state index is 0.0370. The van der Waals surface area contributed by atoms with Gasteiger partial charge in [0.1, 0.15) is 0 Å². The third-order valence-electron chi connectivity index (χ3n) is 2.53. The van der Waals surface area contributed by atoms with Crippen molar-refractivity contribution >= 4 is 11.8 Å². The Morgan fingerprint density at radius 1 is 1.53 bits per heavy atom. The molecule has 1 saturated heterocycles. The van der Waals surface area contributed by atoms with Gasteiger partial charge in [0.25, 0.3) is 0 Å². The first-order valence-electron chi connectivity index (χ1n) is 5.32. The van der Waals surface area contributed by atoms with Gasteiger partial charge in [-0.2, -0.15) is 0 Å². The van der Waals surface area contributed by atoms with Crippen LogP contribution in [0, 0.1) is 0 Å². The van der Waals surface area contributed by atoms with Crippen LogP contribution < -0.4 is 11.1 Å². The maximum atomic E-state index is 11.6. The maximum absolute atomic E-state index is 11.6. The summed E-state index contributed by atoms with van der Waals surface area (Å²) in [6, 6.07) is -0.375. The summed E-state index contributed by atoms with van der Waals surface area (Å²) in [5.41, 5.74) is 5.53. The van der Waals surface area contributed by atoms with E-state index in [-0.39, 0.29) is 17.9 Å². The molecule has 0 saturated carbocycles. The van der Waals surface area contributed by atoms with E-state index in [2.05, 4.69) is 5.32 Å². The van der Waals surface area contributed by atoms with Crippen LogP contribution in [0.1, 0.15) is 26.7 Å². The summed E-state index contributed by atoms with van der Waals surface area (Å²) < 4.78 is 0. The second-order valence-electron chi connectivity index (χ2n) is 4.11. The van der Waals surface area contributed by atoms with E-state index in [1.165, 1.54) is 6.92 Å². The SMILES string of the molecule is CC(=O)N[C@@H]1CCCN(C(=O)[C@H](C)N)C1. The van der Waals surface area contributed by atoms with Gasteiger partial charge in [-0.15, -0.1) is 0 Å². The molecule has 0 spiro atoms. The van der Waals surface area contributed by atoms with Crippen LogP contribution in [0.4, 0.5) is 0 Å². The normalized spacial score (nSPS) is 23.4. The monoisotopic (exact) mass is 213 g/mol. The van der Waals surface area contributed by atoms with Gasteiger partial charge in [-0.05, 0) is 19.8 Å². The van der Waals surface area contributed by atoms with Crippen molar-refractivity contribution in [3.63, 3.8) is 0 Å². The summed E-state index contributed by atoms with van der Waals surface area (Å²) in [5.74, 6) is -0.0832. The lowest BCUT2D eigenvalue weighted by atomic mass is 10.0. The molecule has 1 rings (SSSR count). The number of rotatable bonds is 2. The van der Waals surface area contributed by atoms with Crippen molar-refractivity contribution in [2.75, 3.05) is 13.1 Å². The average Bonchev–Trinajstić information content (AvgIpc) is 2.16. The summed E-state index contributed by atoms with van der Waals surface area (Å²) in [6.45, 7) is 4.51. The molecule has 1 aliphatic rings. The van der Waals surface area contributed by atoms with Crippen LogP contribution >= 0.6 is 0 Å². The Kier molecular flexibility index (Phi) is 4.08. The van der Waals surface area contributed by atoms with Crippen LogP contribution in [0.5, 0.6) is 0 Å². The number of carbonyl (C=O) groups excluding carboxylic acids is 2. The molecular weight excluding hydrogens is 194 g/mol. The molecule has 1 heterocycles. The molecule has 0 radical (unpaired) electrons. The lowest BCUT2D eigenvalue weighted by Crippen LogP contribution is -2.52. The Bertz CT molecular complexity index is 253. The van der Waals surface area contributed by atoms with Gasteiger partial charge in [-0.1, -0.05) is 0 Å². The highest BCUT2D eigenvalue weighted by Gasteiger charge is 2.25. The van der Waals surface area contributed by atoms with Gasteiger partial charge in [-0.3, -0.25) is 9.59 Å². The summed E-state index contributed by atoms with van der Waals surface area (Å²) in [4.78, 5) is 24.2. The third-order valence-corrected chi connectivity index (χ3v) is 2.53. The third kappa shape index (κ3) is 3.51. The van der Waals surface area contributed by atoms with Crippen LogP contribution in [0.3, 0.4) is 0 Å². The second-order valence-corrected chi connectivity index (χ2v) is 4.11. The molecule has 5 nitrogen and oxygen atoms in total. The van der Waals surface area contributed by atoms with E-state index in [0.29, 0.717) is 6.54 Å². The zero-order chi connectivity index (χ0) is 11.4. The van der Waals surface area contributed by atoms with Gasteiger partial charge in [-0.25, -0.2) is 0 Å². The van der Waals surface area contributed by atoms with Gasteiger partial charge >= 0.3 is 0 Å². The van der Waals surface area contributed by atoms with E-state index >= 15 is 0 Å². The first-order chi connectivity index (χ1) is 7.00. The van der Waals surface area contributed by atoms with E-state index in [4.69, 9.17) is 5.73 Å². The molecule has 5 heteroatoms. The maximum Gasteiger partial charge on any atom is 0.239 e. The van der Waals surface area contributed by atoms with Crippen molar-refractivity contribution in [1.29, 1.82) is 0 Å². The summed E-state index contributed by atoms with van der Waals surface area (Å²) in [6.07, 6.45) is 1.85. The minimum Gasteiger partial charge on any atom is -0.352 e. The number of hydrogen-bond donors (Lipinski definition) is 2. The van der Waals surface area contributed by atoms with E-state index < -0.39 is 6.04 Å². The number of nitrogens with zero attached hydrogens (tertiary/aromatic N) is 1. The van der Waals surface area contributed by atoms with Crippen LogP contribution in [0.25, 0.3) is 0 Å². The van der Waals surface area contributed by atoms with E-state index in [9.17, 15) is 9.59 Å². The van der Waals surface area contributed by atoms with Crippen molar-refractivity contribution in [3.8, 4) is 0 Å². The number of amides is 2. The summed E-state index contributed by atoms with van der Waals surface area (Å²) in [5, 5.41) is 2.83. The van der Waals surface area contributed by atoms with Crippen molar-refractivity contribution in [2.45, 2.75) is 38.8 Å². The average molecular weight is 213 g/mol. The van der Waals surface area contributed by atoms with E-state index in [1.54, 1.807) is 11.8 Å². The molecule has 86 valence electrons. The fourth-order valence-electron chi connectivity index (χ4n) is 1.87. The molecule has 15 heavy (non-hydrogen) atoms. The molecule has 0 unspecified atom stereocenters. The van der Waals surface area contributed by atoms with Crippen molar-refractivity contribution < 1.29 is 9.59 Å². The number of hydrogen-bond acceptors (Lipinski definition) is 3. The molecule has 2 atom stereocenters. The smallest absolute Gasteiger partial charge is 0.239 e. The molecule has 1 fully saturated rings. The van der Waals surface area contributed by atoms with Crippen LogP contribution in [-0.2, 0) is 9.59 Å². The molecular formula is C10H19N3O2. The van der Waals surface area contributed by atoms with Crippen molar-refractivity contribution in [1.82, 2.24) is 10.2 Å². The van der Waals surface area contributed by atoms with Crippen LogP contribution in [-0.4, -0.2) is 41.9 Å². The Morgan fingerprint density at radius 3 is 2.73 bits per heavy atom. The number of piperidine rings is 1. The lowest BCUT2D eigenvalue weighted by molar-refractivity contribution is -0.134. The molecule has 1 aliphatic heterocycles.